The summed E-state index contributed by atoms with van der Waals surface area (Å²) in [5.41, 5.74) is 0. The molecule has 1 saturated heterocycles. The Kier molecular flexibility index (Phi) is 2.55. The highest BCUT2D eigenvalue weighted by molar-refractivity contribution is 5.30. The van der Waals surface area contributed by atoms with Gasteiger partial charge in [-0.05, 0) is 19.8 Å². The number of anilines is 1. The molecule has 2 fully saturated rings. The molecule has 2 heterocycles. The van der Waals surface area contributed by atoms with E-state index >= 15 is 0 Å². The van der Waals surface area contributed by atoms with Gasteiger partial charge in [0.2, 0.25) is 5.95 Å². The van der Waals surface area contributed by atoms with Crippen LogP contribution in [0.25, 0.3) is 0 Å². The predicted molar refractivity (Wildman–Crippen MR) is 62.7 cm³/mol. The van der Waals surface area contributed by atoms with Gasteiger partial charge in [0.15, 0.2) is 0 Å². The topological polar surface area (TPSA) is 56.8 Å². The summed E-state index contributed by atoms with van der Waals surface area (Å²) in [5, 5.41) is 10.9. The van der Waals surface area contributed by atoms with Crippen molar-refractivity contribution in [3.05, 3.63) is 5.82 Å². The van der Waals surface area contributed by atoms with Crippen LogP contribution in [0.4, 0.5) is 5.95 Å². The van der Waals surface area contributed by atoms with E-state index in [0.717, 1.165) is 31.4 Å². The molecule has 5 nitrogen and oxygen atoms in total. The predicted octanol–water partition coefficient (Wildman–Crippen LogP) is 0.870. The minimum atomic E-state index is 0.527. The van der Waals surface area contributed by atoms with E-state index in [2.05, 4.69) is 32.3 Å². The summed E-state index contributed by atoms with van der Waals surface area (Å²) in [6, 6.07) is 0.527. The van der Waals surface area contributed by atoms with Crippen LogP contribution in [0.2, 0.25) is 0 Å². The average Bonchev–Trinajstić information content (AvgIpc) is 2.64. The monoisotopic (exact) mass is 221 g/mol. The van der Waals surface area contributed by atoms with Gasteiger partial charge in [-0.25, -0.2) is 0 Å². The molecule has 0 bridgehead atoms. The number of hydrogen-bond donors (Lipinski definition) is 2. The lowest BCUT2D eigenvalue weighted by Gasteiger charge is -2.30. The summed E-state index contributed by atoms with van der Waals surface area (Å²) in [7, 11) is 0. The molecule has 2 N–H and O–H groups in total. The number of hydrogen-bond acceptors (Lipinski definition) is 4. The fraction of sp³-hybridized carbons (Fsp3) is 0.818. The van der Waals surface area contributed by atoms with Gasteiger partial charge in [-0.3, -0.25) is 5.10 Å². The van der Waals surface area contributed by atoms with Crippen molar-refractivity contribution >= 4 is 5.95 Å². The second-order valence-electron chi connectivity index (χ2n) is 4.95. The van der Waals surface area contributed by atoms with Gasteiger partial charge in [0.1, 0.15) is 5.82 Å². The molecule has 1 atom stereocenters. The quantitative estimate of drug-likeness (QED) is 0.778. The number of H-pyrrole nitrogens is 1. The van der Waals surface area contributed by atoms with Gasteiger partial charge < -0.3 is 10.2 Å². The third-order valence-corrected chi connectivity index (χ3v) is 3.63. The summed E-state index contributed by atoms with van der Waals surface area (Å²) < 4.78 is 0. The van der Waals surface area contributed by atoms with Crippen LogP contribution in [-0.4, -0.2) is 40.9 Å². The van der Waals surface area contributed by atoms with E-state index in [1.54, 1.807) is 0 Å². The Labute approximate surface area is 95.6 Å². The first-order valence-corrected chi connectivity index (χ1v) is 6.23. The van der Waals surface area contributed by atoms with Crippen molar-refractivity contribution in [2.24, 2.45) is 0 Å². The minimum absolute atomic E-state index is 0.527. The second-order valence-corrected chi connectivity index (χ2v) is 4.95. The van der Waals surface area contributed by atoms with Crippen LogP contribution in [0, 0.1) is 0 Å². The SMILES string of the molecule is C[C@H]1CN(c2n[nH]c(C3CCC3)n2)CCN1. The Morgan fingerprint density at radius 3 is 2.94 bits per heavy atom. The molecular weight excluding hydrogens is 202 g/mol. The zero-order valence-electron chi connectivity index (χ0n) is 9.74. The van der Waals surface area contributed by atoms with Crippen molar-refractivity contribution in [3.63, 3.8) is 0 Å². The molecule has 0 spiro atoms. The lowest BCUT2D eigenvalue weighted by atomic mass is 9.85. The van der Waals surface area contributed by atoms with Crippen LogP contribution in [0.5, 0.6) is 0 Å². The Balaban J connectivity index is 1.70. The van der Waals surface area contributed by atoms with E-state index in [4.69, 9.17) is 0 Å². The summed E-state index contributed by atoms with van der Waals surface area (Å²) >= 11 is 0. The Bertz CT molecular complexity index is 357. The Morgan fingerprint density at radius 1 is 1.38 bits per heavy atom. The average molecular weight is 221 g/mol. The normalized spacial score (nSPS) is 26.8. The minimum Gasteiger partial charge on any atom is -0.337 e. The van der Waals surface area contributed by atoms with Gasteiger partial charge in [-0.15, -0.1) is 5.10 Å². The van der Waals surface area contributed by atoms with Crippen molar-refractivity contribution in [2.75, 3.05) is 24.5 Å². The molecule has 0 unspecified atom stereocenters. The van der Waals surface area contributed by atoms with Crippen LogP contribution < -0.4 is 10.2 Å². The second kappa shape index (κ2) is 4.05. The number of nitrogens with one attached hydrogen (secondary N) is 2. The number of piperazine rings is 1. The maximum absolute atomic E-state index is 4.62. The van der Waals surface area contributed by atoms with E-state index in [9.17, 15) is 0 Å². The van der Waals surface area contributed by atoms with Crippen molar-refractivity contribution in [1.82, 2.24) is 20.5 Å². The Hall–Kier alpha value is -1.10. The maximum Gasteiger partial charge on any atom is 0.244 e. The third-order valence-electron chi connectivity index (χ3n) is 3.63. The van der Waals surface area contributed by atoms with Crippen LogP contribution >= 0.6 is 0 Å². The molecule has 16 heavy (non-hydrogen) atoms. The summed E-state index contributed by atoms with van der Waals surface area (Å²) in [6.07, 6.45) is 3.88. The highest BCUT2D eigenvalue weighted by Gasteiger charge is 2.25. The largest absolute Gasteiger partial charge is 0.337 e. The Morgan fingerprint density at radius 2 is 2.25 bits per heavy atom. The summed E-state index contributed by atoms with van der Waals surface area (Å²) in [6.45, 7) is 5.23. The molecule has 1 saturated carbocycles. The van der Waals surface area contributed by atoms with Crippen LogP contribution in [0.1, 0.15) is 37.9 Å². The molecule has 2 aliphatic rings. The number of aromatic amines is 1. The molecule has 1 aromatic heterocycles. The maximum atomic E-state index is 4.62. The lowest BCUT2D eigenvalue weighted by molar-refractivity contribution is 0.402. The number of aromatic nitrogens is 3. The van der Waals surface area contributed by atoms with Gasteiger partial charge in [0.05, 0.1) is 0 Å². The summed E-state index contributed by atoms with van der Waals surface area (Å²) in [4.78, 5) is 6.89. The molecule has 88 valence electrons. The molecule has 1 aliphatic carbocycles. The molecule has 1 aliphatic heterocycles. The molecule has 0 aromatic carbocycles. The highest BCUT2D eigenvalue weighted by Crippen LogP contribution is 2.34. The van der Waals surface area contributed by atoms with E-state index in [1.807, 2.05) is 0 Å². The van der Waals surface area contributed by atoms with Crippen LogP contribution in [-0.2, 0) is 0 Å². The molecular formula is C11H19N5. The number of nitrogens with zero attached hydrogens (tertiary/aromatic N) is 3. The molecule has 5 heteroatoms. The van der Waals surface area contributed by atoms with Gasteiger partial charge >= 0.3 is 0 Å². The third kappa shape index (κ3) is 1.80. The fourth-order valence-electron chi connectivity index (χ4n) is 2.38. The highest BCUT2D eigenvalue weighted by atomic mass is 15.4. The smallest absolute Gasteiger partial charge is 0.244 e. The van der Waals surface area contributed by atoms with E-state index in [1.165, 1.54) is 19.3 Å². The van der Waals surface area contributed by atoms with Crippen molar-refractivity contribution in [1.29, 1.82) is 0 Å². The van der Waals surface area contributed by atoms with Crippen LogP contribution in [0.15, 0.2) is 0 Å². The van der Waals surface area contributed by atoms with Gasteiger partial charge in [0.25, 0.3) is 0 Å². The zero-order valence-corrected chi connectivity index (χ0v) is 9.74. The lowest BCUT2D eigenvalue weighted by Crippen LogP contribution is -2.49. The van der Waals surface area contributed by atoms with E-state index < -0.39 is 0 Å². The van der Waals surface area contributed by atoms with Gasteiger partial charge in [-0.2, -0.15) is 4.98 Å². The van der Waals surface area contributed by atoms with Crippen molar-refractivity contribution < 1.29 is 0 Å². The summed E-state index contributed by atoms with van der Waals surface area (Å²) in [5.74, 6) is 2.62. The van der Waals surface area contributed by atoms with Crippen LogP contribution in [0.3, 0.4) is 0 Å². The molecule has 1 aromatic rings. The van der Waals surface area contributed by atoms with E-state index in [0.29, 0.717) is 12.0 Å². The first kappa shape index (κ1) is 10.1. The van der Waals surface area contributed by atoms with Gasteiger partial charge in [-0.1, -0.05) is 6.42 Å². The first-order chi connectivity index (χ1) is 7.83. The molecule has 3 rings (SSSR count). The first-order valence-electron chi connectivity index (χ1n) is 6.23. The van der Waals surface area contributed by atoms with Crippen molar-refractivity contribution in [3.8, 4) is 0 Å². The molecule has 0 amide bonds. The van der Waals surface area contributed by atoms with Gasteiger partial charge in [0, 0.05) is 31.6 Å². The van der Waals surface area contributed by atoms with E-state index in [-0.39, 0.29) is 0 Å². The standard InChI is InChI=1S/C11H19N5/c1-8-7-16(6-5-12-8)11-13-10(14-15-11)9-3-2-4-9/h8-9,12H,2-7H2,1H3,(H,13,14,15)/t8-/m0/s1. The molecule has 0 radical (unpaired) electrons. The number of rotatable bonds is 2. The fourth-order valence-corrected chi connectivity index (χ4v) is 2.38. The zero-order chi connectivity index (χ0) is 11.0. The van der Waals surface area contributed by atoms with Crippen molar-refractivity contribution in [2.45, 2.75) is 38.1 Å².